The van der Waals surface area contributed by atoms with Crippen molar-refractivity contribution in [3.05, 3.63) is 82.8 Å². The molecule has 0 saturated carbocycles. The third-order valence-electron chi connectivity index (χ3n) is 5.24. The van der Waals surface area contributed by atoms with Gasteiger partial charge in [-0.3, -0.25) is 14.5 Å². The Morgan fingerprint density at radius 3 is 2.48 bits per heavy atom. The zero-order valence-electron chi connectivity index (χ0n) is 18.3. The lowest BCUT2D eigenvalue weighted by Crippen LogP contribution is -2.42. The zero-order chi connectivity index (χ0) is 23.4. The van der Waals surface area contributed by atoms with Crippen LogP contribution in [0.15, 0.2) is 71.6 Å². The highest BCUT2D eigenvalue weighted by molar-refractivity contribution is 8.18. The summed E-state index contributed by atoms with van der Waals surface area (Å²) in [5.74, 6) is -0.402. The molecule has 6 nitrogen and oxygen atoms in total. The molecule has 0 radical (unpaired) electrons. The number of fused-ring (bicyclic) bond motifs is 1. The maximum absolute atomic E-state index is 12.7. The second-order valence-corrected chi connectivity index (χ2v) is 8.51. The molecule has 2 amide bonds. The van der Waals surface area contributed by atoms with E-state index >= 15 is 0 Å². The van der Waals surface area contributed by atoms with Gasteiger partial charge in [0.2, 0.25) is 0 Å². The Kier molecular flexibility index (Phi) is 6.79. The van der Waals surface area contributed by atoms with Crippen molar-refractivity contribution < 1.29 is 23.9 Å². The summed E-state index contributed by atoms with van der Waals surface area (Å²) in [6, 6.07) is 20.7. The van der Waals surface area contributed by atoms with Crippen LogP contribution in [0.3, 0.4) is 0 Å². The number of esters is 1. The van der Waals surface area contributed by atoms with Gasteiger partial charge in [0.15, 0.2) is 0 Å². The van der Waals surface area contributed by atoms with Crippen LogP contribution in [0.4, 0.5) is 4.79 Å². The predicted molar refractivity (Wildman–Crippen MR) is 129 cm³/mol. The van der Waals surface area contributed by atoms with Crippen LogP contribution in [-0.4, -0.2) is 34.7 Å². The SMILES string of the molecule is CCOC(=O)[C@@H](C)N1C(=O)S/C(=C/c2ccc(OCc3ccc4ccccc4c3)cc2)C1=O. The van der Waals surface area contributed by atoms with Gasteiger partial charge in [0, 0.05) is 0 Å². The number of rotatable bonds is 7. The Bertz CT molecular complexity index is 1230. The summed E-state index contributed by atoms with van der Waals surface area (Å²) in [7, 11) is 0. The van der Waals surface area contributed by atoms with E-state index in [9.17, 15) is 14.4 Å². The first kappa shape index (κ1) is 22.6. The van der Waals surface area contributed by atoms with E-state index in [1.165, 1.54) is 17.7 Å². The van der Waals surface area contributed by atoms with E-state index in [2.05, 4.69) is 24.3 Å². The van der Waals surface area contributed by atoms with Crippen LogP contribution < -0.4 is 4.74 Å². The maximum Gasteiger partial charge on any atom is 0.329 e. The molecule has 0 spiro atoms. The minimum Gasteiger partial charge on any atom is -0.489 e. The number of carbonyl (C=O) groups excluding carboxylic acids is 3. The highest BCUT2D eigenvalue weighted by Gasteiger charge is 2.41. The number of hydrogen-bond acceptors (Lipinski definition) is 6. The van der Waals surface area contributed by atoms with E-state index in [0.29, 0.717) is 12.4 Å². The van der Waals surface area contributed by atoms with Crippen molar-refractivity contribution in [1.82, 2.24) is 4.90 Å². The lowest BCUT2D eigenvalue weighted by molar-refractivity contribution is -0.150. The molecule has 0 N–H and O–H groups in total. The van der Waals surface area contributed by atoms with Gasteiger partial charge in [0.25, 0.3) is 11.1 Å². The molecule has 0 aromatic heterocycles. The standard InChI is InChI=1S/C26H23NO5S/c1-3-31-25(29)17(2)27-24(28)23(33-26(27)30)15-18-9-12-22(13-10-18)32-16-19-8-11-20-6-4-5-7-21(20)14-19/h4-15,17H,3,16H2,1-2H3/b23-15+/t17-/m1/s1. The van der Waals surface area contributed by atoms with E-state index in [1.807, 2.05) is 42.5 Å². The number of imide groups is 1. The number of hydrogen-bond donors (Lipinski definition) is 0. The molecule has 4 rings (SSSR count). The van der Waals surface area contributed by atoms with Gasteiger partial charge in [0.05, 0.1) is 11.5 Å². The molecular weight excluding hydrogens is 438 g/mol. The first-order valence-corrected chi connectivity index (χ1v) is 11.4. The Morgan fingerprint density at radius 2 is 1.76 bits per heavy atom. The molecule has 1 fully saturated rings. The molecule has 168 valence electrons. The van der Waals surface area contributed by atoms with Gasteiger partial charge in [-0.25, -0.2) is 4.79 Å². The minimum absolute atomic E-state index is 0.185. The van der Waals surface area contributed by atoms with Gasteiger partial charge in [-0.15, -0.1) is 0 Å². The molecule has 0 bridgehead atoms. The molecule has 1 aliphatic heterocycles. The Balaban J connectivity index is 1.41. The summed E-state index contributed by atoms with van der Waals surface area (Å²) in [6.45, 7) is 3.78. The fourth-order valence-corrected chi connectivity index (χ4v) is 4.40. The zero-order valence-corrected chi connectivity index (χ0v) is 19.1. The van der Waals surface area contributed by atoms with Crippen molar-refractivity contribution in [3.8, 4) is 5.75 Å². The molecule has 1 atom stereocenters. The topological polar surface area (TPSA) is 72.9 Å². The lowest BCUT2D eigenvalue weighted by Gasteiger charge is -2.19. The molecule has 1 heterocycles. The van der Waals surface area contributed by atoms with Crippen LogP contribution in [-0.2, 0) is 20.9 Å². The number of carbonyl (C=O) groups is 3. The molecule has 3 aromatic rings. The molecule has 7 heteroatoms. The van der Waals surface area contributed by atoms with E-state index in [1.54, 1.807) is 13.0 Å². The van der Waals surface area contributed by atoms with E-state index in [0.717, 1.165) is 27.8 Å². The van der Waals surface area contributed by atoms with Crippen molar-refractivity contribution in [2.75, 3.05) is 6.61 Å². The number of ether oxygens (including phenoxy) is 2. The summed E-state index contributed by atoms with van der Waals surface area (Å²) in [6.07, 6.45) is 1.63. The van der Waals surface area contributed by atoms with E-state index < -0.39 is 23.2 Å². The van der Waals surface area contributed by atoms with Crippen LogP contribution in [0, 0.1) is 0 Å². The normalized spacial score (nSPS) is 15.8. The Hall–Kier alpha value is -3.58. The third kappa shape index (κ3) is 5.09. The van der Waals surface area contributed by atoms with Gasteiger partial charge < -0.3 is 9.47 Å². The van der Waals surface area contributed by atoms with Crippen molar-refractivity contribution in [3.63, 3.8) is 0 Å². The second kappa shape index (κ2) is 9.92. The van der Waals surface area contributed by atoms with E-state index in [4.69, 9.17) is 9.47 Å². The summed E-state index contributed by atoms with van der Waals surface area (Å²) in [4.78, 5) is 38.1. The molecule has 33 heavy (non-hydrogen) atoms. The van der Waals surface area contributed by atoms with Crippen LogP contribution in [0.2, 0.25) is 0 Å². The van der Waals surface area contributed by atoms with Gasteiger partial charge in [-0.2, -0.15) is 0 Å². The number of amides is 2. The van der Waals surface area contributed by atoms with Crippen LogP contribution in [0.5, 0.6) is 5.75 Å². The summed E-state index contributed by atoms with van der Waals surface area (Å²) < 4.78 is 10.8. The van der Waals surface area contributed by atoms with Gasteiger partial charge >= 0.3 is 5.97 Å². The summed E-state index contributed by atoms with van der Waals surface area (Å²) in [5.41, 5.74) is 1.82. The van der Waals surface area contributed by atoms with Crippen LogP contribution in [0.25, 0.3) is 16.8 Å². The Morgan fingerprint density at radius 1 is 1.03 bits per heavy atom. The lowest BCUT2D eigenvalue weighted by atomic mass is 10.1. The van der Waals surface area contributed by atoms with Gasteiger partial charge in [-0.1, -0.05) is 48.5 Å². The Labute approximate surface area is 196 Å². The maximum atomic E-state index is 12.7. The van der Waals surface area contributed by atoms with Crippen molar-refractivity contribution >= 4 is 45.7 Å². The highest BCUT2D eigenvalue weighted by atomic mass is 32.2. The minimum atomic E-state index is -0.964. The van der Waals surface area contributed by atoms with Crippen molar-refractivity contribution in [2.24, 2.45) is 0 Å². The van der Waals surface area contributed by atoms with E-state index in [-0.39, 0.29) is 11.5 Å². The number of benzene rings is 3. The summed E-state index contributed by atoms with van der Waals surface area (Å²) in [5, 5.41) is 1.87. The number of thioether (sulfide) groups is 1. The van der Waals surface area contributed by atoms with Gasteiger partial charge in [-0.05, 0) is 71.8 Å². The fourth-order valence-electron chi connectivity index (χ4n) is 3.49. The molecule has 1 aliphatic rings. The monoisotopic (exact) mass is 461 g/mol. The fraction of sp³-hybridized carbons (Fsp3) is 0.192. The largest absolute Gasteiger partial charge is 0.489 e. The summed E-state index contributed by atoms with van der Waals surface area (Å²) >= 11 is 0.813. The van der Waals surface area contributed by atoms with Crippen LogP contribution in [0.1, 0.15) is 25.0 Å². The quantitative estimate of drug-likeness (QED) is 0.346. The molecule has 3 aromatic carbocycles. The molecule has 0 unspecified atom stereocenters. The van der Waals surface area contributed by atoms with Crippen LogP contribution >= 0.6 is 11.8 Å². The first-order chi connectivity index (χ1) is 16.0. The average molecular weight is 462 g/mol. The molecule has 1 saturated heterocycles. The van der Waals surface area contributed by atoms with Crippen molar-refractivity contribution in [2.45, 2.75) is 26.5 Å². The third-order valence-corrected chi connectivity index (χ3v) is 6.12. The molecular formula is C26H23NO5S. The second-order valence-electron chi connectivity index (χ2n) is 7.52. The van der Waals surface area contributed by atoms with Crippen molar-refractivity contribution in [1.29, 1.82) is 0 Å². The smallest absolute Gasteiger partial charge is 0.329 e. The number of nitrogens with zero attached hydrogens (tertiary/aromatic N) is 1. The average Bonchev–Trinajstić information content (AvgIpc) is 3.10. The van der Waals surface area contributed by atoms with Gasteiger partial charge in [0.1, 0.15) is 18.4 Å². The highest BCUT2D eigenvalue weighted by Crippen LogP contribution is 2.34. The first-order valence-electron chi connectivity index (χ1n) is 10.6. The molecule has 0 aliphatic carbocycles. The predicted octanol–water partition coefficient (Wildman–Crippen LogP) is 5.41.